The van der Waals surface area contributed by atoms with E-state index in [1.165, 1.54) is 11.3 Å². The molecule has 0 radical (unpaired) electrons. The zero-order valence-corrected chi connectivity index (χ0v) is 11.1. The Kier molecular flexibility index (Phi) is 6.01. The second-order valence-corrected chi connectivity index (χ2v) is 4.32. The van der Waals surface area contributed by atoms with Gasteiger partial charge in [-0.3, -0.25) is 0 Å². The molecule has 1 rings (SSSR count). The van der Waals surface area contributed by atoms with E-state index in [4.69, 9.17) is 5.11 Å². The van der Waals surface area contributed by atoms with Gasteiger partial charge < -0.3 is 15.3 Å². The van der Waals surface area contributed by atoms with Crippen molar-refractivity contribution in [3.63, 3.8) is 0 Å². The number of nitrogens with zero attached hydrogens (tertiary/aromatic N) is 1. The van der Waals surface area contributed by atoms with Crippen LogP contribution in [0.2, 0.25) is 0 Å². The Labute approximate surface area is 104 Å². The lowest BCUT2D eigenvalue weighted by Crippen LogP contribution is -2.24. The monoisotopic (exact) mass is 236 g/mol. The number of hydrogen-bond donors (Lipinski definition) is 2. The number of benzene rings is 1. The summed E-state index contributed by atoms with van der Waals surface area (Å²) in [6.07, 6.45) is -0.287. The fraction of sp³-hybridized carbons (Fsp3) is 0.571. The van der Waals surface area contributed by atoms with Crippen LogP contribution in [0.4, 0.5) is 5.69 Å². The van der Waals surface area contributed by atoms with Crippen molar-refractivity contribution in [1.29, 1.82) is 0 Å². The highest BCUT2D eigenvalue weighted by Crippen LogP contribution is 2.14. The zero-order valence-electron chi connectivity index (χ0n) is 11.1. The topological polar surface area (TPSA) is 35.5 Å². The van der Waals surface area contributed by atoms with Gasteiger partial charge in [-0.25, -0.2) is 0 Å². The molecule has 3 nitrogen and oxygen atoms in total. The van der Waals surface area contributed by atoms with Gasteiger partial charge in [0.05, 0.1) is 6.10 Å². The minimum Gasteiger partial charge on any atom is -0.392 e. The molecule has 2 N–H and O–H groups in total. The van der Waals surface area contributed by atoms with Crippen LogP contribution in [0.5, 0.6) is 0 Å². The lowest BCUT2D eigenvalue weighted by Gasteiger charge is -2.21. The van der Waals surface area contributed by atoms with E-state index in [-0.39, 0.29) is 6.10 Å². The Bertz CT molecular complexity index is 305. The van der Waals surface area contributed by atoms with Crippen LogP contribution in [-0.2, 0) is 6.54 Å². The maximum Gasteiger partial charge on any atom is 0.0636 e. The standard InChI is InChI=1S/C14H24N2O/c1-4-16(5-2)14-8-6-13(7-9-14)11-15-10-12(3)17/h6-9,12,15,17H,4-5,10-11H2,1-3H3. The molecule has 0 heterocycles. The van der Waals surface area contributed by atoms with Gasteiger partial charge in [0, 0.05) is 31.9 Å². The number of aliphatic hydroxyl groups excluding tert-OH is 1. The molecule has 3 heteroatoms. The minimum absolute atomic E-state index is 0.287. The van der Waals surface area contributed by atoms with Gasteiger partial charge in [0.15, 0.2) is 0 Å². The number of anilines is 1. The lowest BCUT2D eigenvalue weighted by atomic mass is 10.2. The van der Waals surface area contributed by atoms with Gasteiger partial charge in [-0.2, -0.15) is 0 Å². The van der Waals surface area contributed by atoms with Crippen LogP contribution < -0.4 is 10.2 Å². The number of nitrogens with one attached hydrogen (secondary N) is 1. The average Bonchev–Trinajstić information content (AvgIpc) is 2.32. The molecule has 0 saturated heterocycles. The summed E-state index contributed by atoms with van der Waals surface area (Å²) in [5.74, 6) is 0. The van der Waals surface area contributed by atoms with Gasteiger partial charge in [0.25, 0.3) is 0 Å². The largest absolute Gasteiger partial charge is 0.392 e. The first-order valence-electron chi connectivity index (χ1n) is 6.40. The maximum absolute atomic E-state index is 9.14. The third-order valence-electron chi connectivity index (χ3n) is 2.83. The van der Waals surface area contributed by atoms with E-state index < -0.39 is 0 Å². The normalized spacial score (nSPS) is 12.5. The van der Waals surface area contributed by atoms with E-state index in [2.05, 4.69) is 48.3 Å². The molecular weight excluding hydrogens is 212 g/mol. The Balaban J connectivity index is 2.49. The maximum atomic E-state index is 9.14. The van der Waals surface area contributed by atoms with Crippen molar-refractivity contribution in [3.05, 3.63) is 29.8 Å². The molecule has 0 spiro atoms. The van der Waals surface area contributed by atoms with Crippen molar-refractivity contribution in [2.45, 2.75) is 33.4 Å². The molecule has 0 aliphatic heterocycles. The molecule has 0 bridgehead atoms. The molecule has 0 aliphatic carbocycles. The molecule has 1 aromatic carbocycles. The molecule has 0 aliphatic rings. The molecule has 0 fully saturated rings. The zero-order chi connectivity index (χ0) is 12.7. The SMILES string of the molecule is CCN(CC)c1ccc(CNCC(C)O)cc1. The van der Waals surface area contributed by atoms with Gasteiger partial charge in [0.1, 0.15) is 0 Å². The third-order valence-corrected chi connectivity index (χ3v) is 2.83. The van der Waals surface area contributed by atoms with Crippen LogP contribution >= 0.6 is 0 Å². The Morgan fingerprint density at radius 3 is 2.24 bits per heavy atom. The Hall–Kier alpha value is -1.06. The number of aliphatic hydroxyl groups is 1. The molecule has 1 unspecified atom stereocenters. The van der Waals surface area contributed by atoms with E-state index >= 15 is 0 Å². The molecule has 0 amide bonds. The van der Waals surface area contributed by atoms with Crippen LogP contribution in [0.25, 0.3) is 0 Å². The first kappa shape index (κ1) is 14.0. The summed E-state index contributed by atoms with van der Waals surface area (Å²) in [7, 11) is 0. The predicted octanol–water partition coefficient (Wildman–Crippen LogP) is 2.00. The molecular formula is C14H24N2O. The summed E-state index contributed by atoms with van der Waals surface area (Å²) in [4.78, 5) is 2.33. The van der Waals surface area contributed by atoms with Gasteiger partial charge in [-0.1, -0.05) is 12.1 Å². The molecule has 1 atom stereocenters. The van der Waals surface area contributed by atoms with Crippen molar-refractivity contribution >= 4 is 5.69 Å². The van der Waals surface area contributed by atoms with E-state index in [0.29, 0.717) is 6.54 Å². The van der Waals surface area contributed by atoms with Gasteiger partial charge in [-0.05, 0) is 38.5 Å². The van der Waals surface area contributed by atoms with Crippen LogP contribution in [-0.4, -0.2) is 30.8 Å². The van der Waals surface area contributed by atoms with E-state index in [9.17, 15) is 0 Å². The highest BCUT2D eigenvalue weighted by atomic mass is 16.3. The van der Waals surface area contributed by atoms with E-state index in [1.807, 2.05) is 0 Å². The lowest BCUT2D eigenvalue weighted by molar-refractivity contribution is 0.191. The molecule has 0 aromatic heterocycles. The minimum atomic E-state index is -0.287. The van der Waals surface area contributed by atoms with Crippen LogP contribution in [0.1, 0.15) is 26.3 Å². The smallest absolute Gasteiger partial charge is 0.0636 e. The van der Waals surface area contributed by atoms with Crippen LogP contribution in [0.15, 0.2) is 24.3 Å². The molecule has 1 aromatic rings. The fourth-order valence-corrected chi connectivity index (χ4v) is 1.84. The third kappa shape index (κ3) is 4.75. The van der Waals surface area contributed by atoms with Crippen molar-refractivity contribution in [1.82, 2.24) is 5.32 Å². The van der Waals surface area contributed by atoms with Gasteiger partial charge >= 0.3 is 0 Å². The second-order valence-electron chi connectivity index (χ2n) is 4.32. The highest BCUT2D eigenvalue weighted by Gasteiger charge is 2.01. The first-order chi connectivity index (χ1) is 8.17. The summed E-state index contributed by atoms with van der Waals surface area (Å²) in [6, 6.07) is 8.60. The summed E-state index contributed by atoms with van der Waals surface area (Å²) in [5, 5.41) is 12.4. The number of rotatable bonds is 7. The molecule has 96 valence electrons. The average molecular weight is 236 g/mol. The summed E-state index contributed by atoms with van der Waals surface area (Å²) in [6.45, 7) is 9.65. The van der Waals surface area contributed by atoms with E-state index in [1.54, 1.807) is 6.92 Å². The molecule has 17 heavy (non-hydrogen) atoms. The summed E-state index contributed by atoms with van der Waals surface area (Å²) in [5.41, 5.74) is 2.52. The van der Waals surface area contributed by atoms with Gasteiger partial charge in [-0.15, -0.1) is 0 Å². The van der Waals surface area contributed by atoms with Crippen LogP contribution in [0, 0.1) is 0 Å². The first-order valence-corrected chi connectivity index (χ1v) is 6.40. The van der Waals surface area contributed by atoms with Crippen molar-refractivity contribution in [2.75, 3.05) is 24.5 Å². The van der Waals surface area contributed by atoms with Crippen molar-refractivity contribution in [2.24, 2.45) is 0 Å². The Morgan fingerprint density at radius 2 is 1.76 bits per heavy atom. The van der Waals surface area contributed by atoms with Gasteiger partial charge in [0.2, 0.25) is 0 Å². The highest BCUT2D eigenvalue weighted by molar-refractivity contribution is 5.47. The number of hydrogen-bond acceptors (Lipinski definition) is 3. The Morgan fingerprint density at radius 1 is 1.18 bits per heavy atom. The fourth-order valence-electron chi connectivity index (χ4n) is 1.84. The summed E-state index contributed by atoms with van der Waals surface area (Å²) < 4.78 is 0. The van der Waals surface area contributed by atoms with Crippen molar-refractivity contribution < 1.29 is 5.11 Å². The van der Waals surface area contributed by atoms with Crippen molar-refractivity contribution in [3.8, 4) is 0 Å². The van der Waals surface area contributed by atoms with Crippen LogP contribution in [0.3, 0.4) is 0 Å². The van der Waals surface area contributed by atoms with E-state index in [0.717, 1.165) is 19.6 Å². The summed E-state index contributed by atoms with van der Waals surface area (Å²) >= 11 is 0. The predicted molar refractivity (Wildman–Crippen MR) is 73.4 cm³/mol. The second kappa shape index (κ2) is 7.30. The molecule has 0 saturated carbocycles. The quantitative estimate of drug-likeness (QED) is 0.760.